The van der Waals surface area contributed by atoms with Gasteiger partial charge in [0.05, 0.1) is 36.1 Å². The molecule has 5 rings (SSSR count). The van der Waals surface area contributed by atoms with Crippen LogP contribution in [0, 0.1) is 11.3 Å². The van der Waals surface area contributed by atoms with Crippen LogP contribution in [0.15, 0.2) is 24.0 Å². The molecule has 2 aliphatic carbocycles. The van der Waals surface area contributed by atoms with E-state index < -0.39 is 6.43 Å². The highest BCUT2D eigenvalue weighted by Crippen LogP contribution is 2.49. The molecule has 2 aromatic heterocycles. The van der Waals surface area contributed by atoms with Gasteiger partial charge in [0.25, 0.3) is 6.43 Å². The van der Waals surface area contributed by atoms with E-state index in [1.807, 2.05) is 4.68 Å². The lowest BCUT2D eigenvalue weighted by molar-refractivity contribution is 0.134. The Morgan fingerprint density at radius 1 is 1.30 bits per heavy atom. The number of anilines is 2. The molecule has 4 atom stereocenters. The molecular weight excluding hydrogens is 492 g/mol. The molecule has 3 aliphatic rings. The standard InChI is InChI=1S/C27H39F2N7S/c1-16-6-7-18(10-16)32-22-8-9-35-25(33-22)20(13-30-35)17(2)31-21-14-36(34-23(21)24(28)29)19-11-26(3,4)15-27(5,37)12-19/h13-14,16,18-19,24,31,37H,2,6-12,15H2,1,3-5H3,(H,32,33). The molecule has 37 heavy (non-hydrogen) atoms. The van der Waals surface area contributed by atoms with Gasteiger partial charge >= 0.3 is 0 Å². The van der Waals surface area contributed by atoms with Gasteiger partial charge in [-0.1, -0.05) is 34.3 Å². The third kappa shape index (κ3) is 5.73. The second-order valence-electron chi connectivity index (χ2n) is 12.4. The smallest absolute Gasteiger partial charge is 0.284 e. The predicted octanol–water partition coefficient (Wildman–Crippen LogP) is 6.94. The van der Waals surface area contributed by atoms with E-state index >= 15 is 0 Å². The van der Waals surface area contributed by atoms with Crippen molar-refractivity contribution in [3.8, 4) is 0 Å². The van der Waals surface area contributed by atoms with Gasteiger partial charge in [-0.15, -0.1) is 0 Å². The van der Waals surface area contributed by atoms with Crippen LogP contribution in [0.2, 0.25) is 0 Å². The van der Waals surface area contributed by atoms with Crippen molar-refractivity contribution in [3.05, 3.63) is 30.2 Å². The van der Waals surface area contributed by atoms with Gasteiger partial charge in [-0.05, 0) is 49.9 Å². The Balaban J connectivity index is 1.36. The first kappa shape index (κ1) is 26.3. The normalized spacial score (nSPS) is 30.4. The number of nitrogens with one attached hydrogen (secondary N) is 2. The molecule has 0 aromatic carbocycles. The number of aryl methyl sites for hydroxylation is 1. The van der Waals surface area contributed by atoms with E-state index in [0.717, 1.165) is 62.3 Å². The van der Waals surface area contributed by atoms with Gasteiger partial charge in [0.1, 0.15) is 11.7 Å². The zero-order valence-electron chi connectivity index (χ0n) is 22.3. The van der Waals surface area contributed by atoms with Crippen LogP contribution in [0.5, 0.6) is 0 Å². The van der Waals surface area contributed by atoms with E-state index in [-0.39, 0.29) is 27.6 Å². The summed E-state index contributed by atoms with van der Waals surface area (Å²) >= 11 is 4.86. The zero-order valence-corrected chi connectivity index (χ0v) is 23.2. The Labute approximate surface area is 223 Å². The fraction of sp³-hybridized carbons (Fsp3) is 0.667. The second kappa shape index (κ2) is 9.75. The Kier molecular flexibility index (Phi) is 6.92. The molecule has 2 saturated carbocycles. The van der Waals surface area contributed by atoms with Gasteiger partial charge in [0.15, 0.2) is 5.69 Å². The fourth-order valence-electron chi connectivity index (χ4n) is 6.59. The summed E-state index contributed by atoms with van der Waals surface area (Å²) in [5.74, 6) is 2.46. The van der Waals surface area contributed by atoms with Crippen LogP contribution >= 0.6 is 12.6 Å². The number of nitrogens with zero attached hydrogens (tertiary/aromatic N) is 5. The summed E-state index contributed by atoms with van der Waals surface area (Å²) in [6.07, 6.45) is 7.57. The van der Waals surface area contributed by atoms with Crippen molar-refractivity contribution in [3.63, 3.8) is 0 Å². The van der Waals surface area contributed by atoms with Crippen LogP contribution in [0.1, 0.15) is 96.4 Å². The van der Waals surface area contributed by atoms with Gasteiger partial charge in [0.2, 0.25) is 0 Å². The molecule has 2 fully saturated rings. The highest BCUT2D eigenvalue weighted by Gasteiger charge is 2.40. The van der Waals surface area contributed by atoms with Crippen LogP contribution in [-0.4, -0.2) is 36.2 Å². The molecular formula is C27H39F2N7S. The lowest BCUT2D eigenvalue weighted by Crippen LogP contribution is -2.38. The molecule has 0 bridgehead atoms. The van der Waals surface area contributed by atoms with E-state index in [9.17, 15) is 8.78 Å². The lowest BCUT2D eigenvalue weighted by Gasteiger charge is -2.44. The van der Waals surface area contributed by atoms with E-state index in [1.54, 1.807) is 17.1 Å². The first-order valence-electron chi connectivity index (χ1n) is 13.3. The molecule has 3 heterocycles. The van der Waals surface area contributed by atoms with E-state index in [0.29, 0.717) is 17.7 Å². The molecule has 7 nitrogen and oxygen atoms in total. The van der Waals surface area contributed by atoms with Gasteiger partial charge in [-0.25, -0.2) is 13.5 Å². The van der Waals surface area contributed by atoms with Crippen LogP contribution in [0.3, 0.4) is 0 Å². The highest BCUT2D eigenvalue weighted by molar-refractivity contribution is 7.81. The van der Waals surface area contributed by atoms with E-state index in [2.05, 4.69) is 55.1 Å². The molecule has 0 saturated heterocycles. The summed E-state index contributed by atoms with van der Waals surface area (Å²) in [6.45, 7) is 13.7. The van der Waals surface area contributed by atoms with Crippen molar-refractivity contribution < 1.29 is 8.78 Å². The van der Waals surface area contributed by atoms with Crippen molar-refractivity contribution in [1.82, 2.24) is 19.6 Å². The first-order valence-corrected chi connectivity index (χ1v) is 13.8. The Morgan fingerprint density at radius 3 is 2.76 bits per heavy atom. The Hall–Kier alpha value is -2.36. The number of hydrogen-bond donors (Lipinski definition) is 3. The monoisotopic (exact) mass is 531 g/mol. The number of aliphatic imine (C=N–C) groups is 1. The van der Waals surface area contributed by atoms with Gasteiger partial charge in [0, 0.05) is 23.1 Å². The first-order chi connectivity index (χ1) is 17.4. The van der Waals surface area contributed by atoms with Crippen molar-refractivity contribution in [2.24, 2.45) is 16.3 Å². The number of hydrogen-bond acceptors (Lipinski definition) is 5. The van der Waals surface area contributed by atoms with Crippen LogP contribution in [-0.2, 0) is 6.54 Å². The maximum Gasteiger partial charge on any atom is 0.284 e. The van der Waals surface area contributed by atoms with Crippen LogP contribution in [0.4, 0.5) is 20.3 Å². The summed E-state index contributed by atoms with van der Waals surface area (Å²) in [7, 11) is 0. The van der Waals surface area contributed by atoms with Crippen molar-refractivity contribution >= 4 is 35.7 Å². The lowest BCUT2D eigenvalue weighted by atomic mass is 9.70. The molecule has 1 aliphatic heterocycles. The third-order valence-corrected chi connectivity index (χ3v) is 8.28. The Bertz CT molecular complexity index is 1180. The van der Waals surface area contributed by atoms with Crippen molar-refractivity contribution in [1.29, 1.82) is 0 Å². The number of rotatable bonds is 6. The summed E-state index contributed by atoms with van der Waals surface area (Å²) in [4.78, 5) is 4.96. The minimum atomic E-state index is -2.71. The Morgan fingerprint density at radius 2 is 2.08 bits per heavy atom. The quantitative estimate of drug-likeness (QED) is 0.353. The number of halogens is 2. The second-order valence-corrected chi connectivity index (χ2v) is 13.4. The third-order valence-electron chi connectivity index (χ3n) is 7.94. The molecule has 10 heteroatoms. The minimum Gasteiger partial charge on any atom is -0.352 e. The summed E-state index contributed by atoms with van der Waals surface area (Å²) in [5, 5.41) is 15.4. The summed E-state index contributed by atoms with van der Waals surface area (Å²) in [6, 6.07) is 0.357. The zero-order chi connectivity index (χ0) is 26.5. The topological polar surface area (TPSA) is 72.1 Å². The average Bonchev–Trinajstić information content (AvgIpc) is 3.49. The number of thiol groups is 1. The number of alkyl halides is 2. The molecule has 4 unspecified atom stereocenters. The highest BCUT2D eigenvalue weighted by atomic mass is 32.1. The number of amidine groups is 1. The number of aromatic nitrogens is 4. The van der Waals surface area contributed by atoms with Crippen LogP contribution < -0.4 is 10.6 Å². The molecule has 202 valence electrons. The van der Waals surface area contributed by atoms with Gasteiger partial charge in [-0.3, -0.25) is 9.67 Å². The molecule has 2 N–H and O–H groups in total. The fourth-order valence-corrected chi connectivity index (χ4v) is 7.23. The average molecular weight is 532 g/mol. The predicted molar refractivity (Wildman–Crippen MR) is 149 cm³/mol. The molecule has 0 spiro atoms. The SMILES string of the molecule is C=C(Nc1cn(C2CC(C)(C)CC(C)(S)C2)nc1C(F)F)c1cnn2c1NC(=NC1CCC(C)C1)CC2. The number of fused-ring (bicyclic) bond motifs is 1. The maximum atomic E-state index is 14.0. The largest absolute Gasteiger partial charge is 0.352 e. The summed E-state index contributed by atoms with van der Waals surface area (Å²) < 4.78 is 31.5. The van der Waals surface area contributed by atoms with E-state index in [1.165, 1.54) is 6.42 Å². The van der Waals surface area contributed by atoms with Crippen molar-refractivity contribution in [2.75, 3.05) is 10.6 Å². The molecule has 0 amide bonds. The molecule has 2 aromatic rings. The van der Waals surface area contributed by atoms with Crippen LogP contribution in [0.25, 0.3) is 5.70 Å². The van der Waals surface area contributed by atoms with E-state index in [4.69, 9.17) is 17.6 Å². The maximum absolute atomic E-state index is 14.0. The molecule has 0 radical (unpaired) electrons. The van der Waals surface area contributed by atoms with Gasteiger partial charge in [-0.2, -0.15) is 22.8 Å². The minimum absolute atomic E-state index is 0.00443. The van der Waals surface area contributed by atoms with Crippen molar-refractivity contribution in [2.45, 2.75) is 102 Å². The van der Waals surface area contributed by atoms with Gasteiger partial charge < -0.3 is 10.6 Å². The summed E-state index contributed by atoms with van der Waals surface area (Å²) in [5.41, 5.74) is 1.29.